The van der Waals surface area contributed by atoms with Crippen LogP contribution in [0.2, 0.25) is 0 Å². The van der Waals surface area contributed by atoms with Gasteiger partial charge in [0.1, 0.15) is 13.2 Å². The summed E-state index contributed by atoms with van der Waals surface area (Å²) < 4.78 is 16.8. The zero-order valence-corrected chi connectivity index (χ0v) is 13.9. The van der Waals surface area contributed by atoms with E-state index in [2.05, 4.69) is 37.6 Å². The number of hydrogen-bond acceptors (Lipinski definition) is 5. The lowest BCUT2D eigenvalue weighted by Gasteiger charge is -2.21. The van der Waals surface area contributed by atoms with Crippen molar-refractivity contribution in [2.75, 3.05) is 32.6 Å². The van der Waals surface area contributed by atoms with Gasteiger partial charge in [-0.25, -0.2) is 0 Å². The fourth-order valence-electron chi connectivity index (χ4n) is 2.18. The van der Waals surface area contributed by atoms with E-state index in [1.807, 2.05) is 0 Å². The van der Waals surface area contributed by atoms with Crippen molar-refractivity contribution >= 4 is 11.8 Å². The van der Waals surface area contributed by atoms with Gasteiger partial charge in [0.25, 0.3) is 0 Å². The van der Waals surface area contributed by atoms with Crippen LogP contribution in [0, 0.1) is 0 Å². The number of hydrogen-bond donors (Lipinski definition) is 1. The molecule has 118 valence electrons. The average molecular weight is 311 g/mol. The molecule has 0 atom stereocenters. The third-order valence-electron chi connectivity index (χ3n) is 3.21. The molecule has 1 aromatic rings. The second kappa shape index (κ2) is 8.51. The van der Waals surface area contributed by atoms with Crippen LogP contribution in [0.25, 0.3) is 0 Å². The van der Waals surface area contributed by atoms with E-state index in [0.717, 1.165) is 37.6 Å². The van der Waals surface area contributed by atoms with Gasteiger partial charge in [-0.15, -0.1) is 11.8 Å². The Morgan fingerprint density at radius 2 is 1.95 bits per heavy atom. The van der Waals surface area contributed by atoms with Gasteiger partial charge in [-0.2, -0.15) is 0 Å². The molecule has 1 heterocycles. The molecule has 1 N–H and O–H groups in total. The van der Waals surface area contributed by atoms with Crippen molar-refractivity contribution in [2.24, 2.45) is 0 Å². The molecule has 0 saturated heterocycles. The van der Waals surface area contributed by atoms with Crippen LogP contribution in [0.3, 0.4) is 0 Å². The van der Waals surface area contributed by atoms with Gasteiger partial charge in [0, 0.05) is 18.0 Å². The van der Waals surface area contributed by atoms with Crippen molar-refractivity contribution in [1.29, 1.82) is 0 Å². The second-order valence-electron chi connectivity index (χ2n) is 5.26. The third kappa shape index (κ3) is 5.09. The highest BCUT2D eigenvalue weighted by molar-refractivity contribution is 7.98. The van der Waals surface area contributed by atoms with Crippen LogP contribution in [0.15, 0.2) is 17.0 Å². The van der Waals surface area contributed by atoms with Crippen molar-refractivity contribution in [1.82, 2.24) is 5.32 Å². The first-order valence-corrected chi connectivity index (χ1v) is 8.72. The molecule has 1 aromatic carbocycles. The van der Waals surface area contributed by atoms with E-state index in [1.54, 1.807) is 11.8 Å². The largest absolute Gasteiger partial charge is 0.486 e. The molecule has 1 aliphatic heterocycles. The van der Waals surface area contributed by atoms with Crippen molar-refractivity contribution < 1.29 is 14.2 Å². The Morgan fingerprint density at radius 3 is 2.62 bits per heavy atom. The van der Waals surface area contributed by atoms with Gasteiger partial charge >= 0.3 is 0 Å². The molecule has 0 saturated carbocycles. The average Bonchev–Trinajstić information content (AvgIpc) is 2.49. The van der Waals surface area contributed by atoms with Gasteiger partial charge in [0.15, 0.2) is 11.5 Å². The fourth-order valence-corrected chi connectivity index (χ4v) is 2.80. The standard InChI is InChI=1S/C16H25NO3S/c1-12(2)18-6-4-5-17-11-13-9-14-15(10-16(13)21-3)20-8-7-19-14/h9-10,12,17H,4-8,11H2,1-3H3. The number of fused-ring (bicyclic) bond motifs is 1. The number of nitrogens with one attached hydrogen (secondary N) is 1. The normalized spacial score (nSPS) is 13.7. The molecule has 0 fully saturated rings. The summed E-state index contributed by atoms with van der Waals surface area (Å²) in [5.74, 6) is 1.72. The van der Waals surface area contributed by atoms with Crippen molar-refractivity contribution in [3.05, 3.63) is 17.7 Å². The Balaban J connectivity index is 1.84. The van der Waals surface area contributed by atoms with E-state index in [0.29, 0.717) is 19.3 Å². The molecule has 0 unspecified atom stereocenters. The molecule has 0 radical (unpaired) electrons. The Kier molecular flexibility index (Phi) is 6.67. The first-order valence-electron chi connectivity index (χ1n) is 7.49. The van der Waals surface area contributed by atoms with E-state index < -0.39 is 0 Å². The highest BCUT2D eigenvalue weighted by Gasteiger charge is 2.15. The van der Waals surface area contributed by atoms with Crippen LogP contribution in [-0.2, 0) is 11.3 Å². The highest BCUT2D eigenvalue weighted by Crippen LogP contribution is 2.36. The predicted octanol–water partition coefficient (Wildman–Crippen LogP) is 3.08. The molecular formula is C16H25NO3S. The van der Waals surface area contributed by atoms with Crippen molar-refractivity contribution in [3.8, 4) is 11.5 Å². The van der Waals surface area contributed by atoms with Crippen LogP contribution in [0.1, 0.15) is 25.8 Å². The van der Waals surface area contributed by atoms with E-state index in [9.17, 15) is 0 Å². The lowest BCUT2D eigenvalue weighted by Crippen LogP contribution is -2.19. The first kappa shape index (κ1) is 16.5. The molecule has 0 aliphatic carbocycles. The Bertz CT molecular complexity index is 451. The lowest BCUT2D eigenvalue weighted by molar-refractivity contribution is 0.0770. The lowest BCUT2D eigenvalue weighted by atomic mass is 10.2. The quantitative estimate of drug-likeness (QED) is 0.590. The number of thioether (sulfide) groups is 1. The summed E-state index contributed by atoms with van der Waals surface area (Å²) in [4.78, 5) is 1.24. The minimum atomic E-state index is 0.311. The summed E-state index contributed by atoms with van der Waals surface area (Å²) >= 11 is 1.74. The summed E-state index contributed by atoms with van der Waals surface area (Å²) in [6.07, 6.45) is 3.42. The van der Waals surface area contributed by atoms with Gasteiger partial charge in [0.2, 0.25) is 0 Å². The van der Waals surface area contributed by atoms with Gasteiger partial charge in [0.05, 0.1) is 6.10 Å². The Morgan fingerprint density at radius 1 is 1.24 bits per heavy atom. The summed E-state index contributed by atoms with van der Waals surface area (Å²) in [5, 5.41) is 3.47. The third-order valence-corrected chi connectivity index (χ3v) is 4.03. The monoisotopic (exact) mass is 311 g/mol. The van der Waals surface area contributed by atoms with Crippen LogP contribution in [0.4, 0.5) is 0 Å². The predicted molar refractivity (Wildman–Crippen MR) is 86.6 cm³/mol. The Labute approximate surface area is 131 Å². The molecule has 21 heavy (non-hydrogen) atoms. The Hall–Kier alpha value is -0.910. The molecule has 2 rings (SSSR count). The number of benzene rings is 1. The van der Waals surface area contributed by atoms with Gasteiger partial charge in [-0.3, -0.25) is 0 Å². The second-order valence-corrected chi connectivity index (χ2v) is 6.11. The fraction of sp³-hybridized carbons (Fsp3) is 0.625. The first-order chi connectivity index (χ1) is 10.2. The minimum absolute atomic E-state index is 0.311. The highest BCUT2D eigenvalue weighted by atomic mass is 32.2. The van der Waals surface area contributed by atoms with E-state index in [-0.39, 0.29) is 0 Å². The maximum Gasteiger partial charge on any atom is 0.162 e. The van der Waals surface area contributed by atoms with Crippen LogP contribution in [-0.4, -0.2) is 38.7 Å². The summed E-state index contributed by atoms with van der Waals surface area (Å²) in [6, 6.07) is 4.18. The molecule has 5 heteroatoms. The zero-order chi connectivity index (χ0) is 15.1. The van der Waals surface area contributed by atoms with Crippen molar-refractivity contribution in [2.45, 2.75) is 37.8 Å². The van der Waals surface area contributed by atoms with Gasteiger partial charge in [-0.1, -0.05) is 0 Å². The molecule has 0 spiro atoms. The SMILES string of the molecule is CSc1cc2c(cc1CNCCCOC(C)C)OCCO2. The van der Waals surface area contributed by atoms with Gasteiger partial charge in [-0.05, 0) is 50.8 Å². The molecule has 4 nitrogen and oxygen atoms in total. The molecule has 0 amide bonds. The molecule has 0 aromatic heterocycles. The summed E-state index contributed by atoms with van der Waals surface area (Å²) in [7, 11) is 0. The summed E-state index contributed by atoms with van der Waals surface area (Å²) in [5.41, 5.74) is 1.26. The zero-order valence-electron chi connectivity index (χ0n) is 13.1. The maximum absolute atomic E-state index is 5.65. The number of ether oxygens (including phenoxy) is 3. The van der Waals surface area contributed by atoms with Crippen LogP contribution in [0.5, 0.6) is 11.5 Å². The maximum atomic E-state index is 5.65. The summed E-state index contributed by atoms with van der Waals surface area (Å²) in [6.45, 7) is 7.99. The van der Waals surface area contributed by atoms with Crippen LogP contribution >= 0.6 is 11.8 Å². The van der Waals surface area contributed by atoms with E-state index in [4.69, 9.17) is 14.2 Å². The number of rotatable bonds is 8. The van der Waals surface area contributed by atoms with E-state index in [1.165, 1.54) is 10.5 Å². The van der Waals surface area contributed by atoms with Crippen LogP contribution < -0.4 is 14.8 Å². The molecule has 1 aliphatic rings. The molecular weight excluding hydrogens is 286 g/mol. The van der Waals surface area contributed by atoms with E-state index >= 15 is 0 Å². The minimum Gasteiger partial charge on any atom is -0.486 e. The smallest absolute Gasteiger partial charge is 0.162 e. The van der Waals surface area contributed by atoms with Crippen molar-refractivity contribution in [3.63, 3.8) is 0 Å². The topological polar surface area (TPSA) is 39.7 Å². The molecule has 0 bridgehead atoms. The van der Waals surface area contributed by atoms with Gasteiger partial charge < -0.3 is 19.5 Å².